The number of nitriles is 1. The lowest BCUT2D eigenvalue weighted by molar-refractivity contribution is 0.610. The van der Waals surface area contributed by atoms with Gasteiger partial charge in [0.05, 0.1) is 0 Å². The molecule has 0 radical (unpaired) electrons. The third kappa shape index (κ3) is 1.52. The topological polar surface area (TPSA) is 23.8 Å². The van der Waals surface area contributed by atoms with Gasteiger partial charge in [0.1, 0.15) is 11.1 Å². The average Bonchev–Trinajstić information content (AvgIpc) is 2.40. The first kappa shape index (κ1) is 7.63. The van der Waals surface area contributed by atoms with E-state index in [0.717, 1.165) is 6.42 Å². The molecule has 0 aromatic heterocycles. The lowest BCUT2D eigenvalue weighted by Gasteiger charge is -1.94. The first-order valence-corrected chi connectivity index (χ1v) is 3.71. The van der Waals surface area contributed by atoms with Crippen LogP contribution in [0.3, 0.4) is 0 Å². The third-order valence-corrected chi connectivity index (χ3v) is 2.25. The number of halogens is 1. The summed E-state index contributed by atoms with van der Waals surface area (Å²) in [6, 6.07) is 1.90. The van der Waals surface area contributed by atoms with Gasteiger partial charge in [-0.2, -0.15) is 5.26 Å². The molecule has 1 aliphatic carbocycles. The Kier molecular flexibility index (Phi) is 1.74. The van der Waals surface area contributed by atoms with Crippen molar-refractivity contribution in [3.8, 4) is 6.07 Å². The summed E-state index contributed by atoms with van der Waals surface area (Å²) in [5, 5.41) is 8.66. The van der Waals surface area contributed by atoms with Crippen molar-refractivity contribution < 1.29 is 0 Å². The van der Waals surface area contributed by atoms with Crippen LogP contribution < -0.4 is 0 Å². The Morgan fingerprint density at radius 3 is 2.60 bits per heavy atom. The second-order valence-corrected chi connectivity index (χ2v) is 3.83. The van der Waals surface area contributed by atoms with E-state index < -0.39 is 0 Å². The molecule has 1 aliphatic rings. The van der Waals surface area contributed by atoms with Crippen LogP contribution in [0.2, 0.25) is 0 Å². The van der Waals surface area contributed by atoms with Gasteiger partial charge in [-0.15, -0.1) is 0 Å². The third-order valence-electron chi connectivity index (χ3n) is 2.04. The van der Waals surface area contributed by atoms with Crippen molar-refractivity contribution in [2.24, 2.45) is 11.3 Å². The molecule has 2 heteroatoms. The van der Waals surface area contributed by atoms with E-state index in [1.54, 1.807) is 0 Å². The van der Waals surface area contributed by atoms with E-state index >= 15 is 0 Å². The highest BCUT2D eigenvalue weighted by Crippen LogP contribution is 2.52. The van der Waals surface area contributed by atoms with Gasteiger partial charge in [-0.25, -0.2) is 0 Å². The average molecular weight is 156 g/mol. The normalized spacial score (nSPS) is 29.4. The molecule has 10 heavy (non-hydrogen) atoms. The number of rotatable bonds is 1. The Morgan fingerprint density at radius 1 is 1.80 bits per heavy atom. The van der Waals surface area contributed by atoms with E-state index in [1.165, 1.54) is 0 Å². The van der Waals surface area contributed by atoms with Gasteiger partial charge < -0.3 is 0 Å². The van der Waals surface area contributed by atoms with E-state index in [1.807, 2.05) is 12.1 Å². The van der Waals surface area contributed by atoms with Crippen molar-refractivity contribution in [1.82, 2.24) is 0 Å². The molecule has 1 unspecified atom stereocenters. The molecule has 0 bridgehead atoms. The molecular weight excluding hydrogens is 146 g/mol. The SMILES string of the molecule is CC1(C)CC1/C=C(/Cl)C#N. The molecule has 0 aromatic carbocycles. The van der Waals surface area contributed by atoms with E-state index in [9.17, 15) is 0 Å². The summed E-state index contributed by atoms with van der Waals surface area (Å²) < 4.78 is 0. The van der Waals surface area contributed by atoms with Gasteiger partial charge in [0.2, 0.25) is 0 Å². The number of hydrogen-bond acceptors (Lipinski definition) is 1. The molecule has 1 rings (SSSR count). The predicted molar refractivity (Wildman–Crippen MR) is 41.4 cm³/mol. The van der Waals surface area contributed by atoms with Crippen LogP contribution in [0.1, 0.15) is 20.3 Å². The standard InChI is InChI=1S/C8H10ClN/c1-8(2)4-6(8)3-7(9)5-10/h3,6H,4H2,1-2H3/b7-3+. The molecule has 0 aromatic rings. The van der Waals surface area contributed by atoms with Crippen molar-refractivity contribution in [2.45, 2.75) is 20.3 Å². The van der Waals surface area contributed by atoms with Crippen molar-refractivity contribution in [3.63, 3.8) is 0 Å². The maximum absolute atomic E-state index is 8.33. The van der Waals surface area contributed by atoms with Gasteiger partial charge in [0.25, 0.3) is 0 Å². The summed E-state index contributed by atoms with van der Waals surface area (Å²) in [6.45, 7) is 4.35. The van der Waals surface area contributed by atoms with Gasteiger partial charge in [-0.05, 0) is 17.8 Å². The summed E-state index contributed by atoms with van der Waals surface area (Å²) >= 11 is 5.53. The van der Waals surface area contributed by atoms with E-state index in [4.69, 9.17) is 16.9 Å². The summed E-state index contributed by atoms with van der Waals surface area (Å²) in [5.41, 5.74) is 0.386. The highest BCUT2D eigenvalue weighted by atomic mass is 35.5. The molecule has 0 N–H and O–H groups in total. The van der Waals surface area contributed by atoms with E-state index in [-0.39, 0.29) is 0 Å². The molecule has 1 nitrogen and oxygen atoms in total. The maximum Gasteiger partial charge on any atom is 0.114 e. The Hall–Kier alpha value is -0.480. The van der Waals surface area contributed by atoms with Gasteiger partial charge in [0, 0.05) is 0 Å². The lowest BCUT2D eigenvalue weighted by atomic mass is 10.1. The number of hydrogen-bond donors (Lipinski definition) is 0. The molecule has 1 atom stereocenters. The Bertz CT molecular complexity index is 210. The molecule has 1 fully saturated rings. The predicted octanol–water partition coefficient (Wildman–Crippen LogP) is 2.68. The van der Waals surface area contributed by atoms with Crippen LogP contribution in [0.5, 0.6) is 0 Å². The highest BCUT2D eigenvalue weighted by Gasteiger charge is 2.43. The molecule has 1 saturated carbocycles. The monoisotopic (exact) mass is 155 g/mol. The minimum absolute atomic E-state index is 0.329. The number of allylic oxidation sites excluding steroid dienone is 2. The quantitative estimate of drug-likeness (QED) is 0.534. The zero-order valence-corrected chi connectivity index (χ0v) is 6.94. The van der Waals surface area contributed by atoms with E-state index in [2.05, 4.69) is 13.8 Å². The summed E-state index contributed by atoms with van der Waals surface area (Å²) in [7, 11) is 0. The Labute approximate surface area is 66.3 Å². The molecular formula is C8H10ClN. The number of nitrogens with zero attached hydrogens (tertiary/aromatic N) is 1. The van der Waals surface area contributed by atoms with Crippen LogP contribution in [0.25, 0.3) is 0 Å². The van der Waals surface area contributed by atoms with Gasteiger partial charge in [-0.3, -0.25) is 0 Å². The fourth-order valence-corrected chi connectivity index (χ4v) is 1.16. The van der Waals surface area contributed by atoms with Gasteiger partial charge in [-0.1, -0.05) is 31.5 Å². The zero-order valence-electron chi connectivity index (χ0n) is 6.19. The fourth-order valence-electron chi connectivity index (χ4n) is 1.01. The van der Waals surface area contributed by atoms with E-state index in [0.29, 0.717) is 16.4 Å². The second-order valence-electron chi connectivity index (χ2n) is 3.43. The first-order valence-electron chi connectivity index (χ1n) is 3.34. The van der Waals surface area contributed by atoms with Crippen LogP contribution in [-0.4, -0.2) is 0 Å². The van der Waals surface area contributed by atoms with Crippen LogP contribution in [0, 0.1) is 22.7 Å². The minimum Gasteiger partial charge on any atom is -0.191 e. The van der Waals surface area contributed by atoms with Crippen molar-refractivity contribution in [1.29, 1.82) is 5.26 Å². The van der Waals surface area contributed by atoms with Gasteiger partial charge in [0.15, 0.2) is 0 Å². The molecule has 0 saturated heterocycles. The minimum atomic E-state index is 0.329. The largest absolute Gasteiger partial charge is 0.191 e. The highest BCUT2D eigenvalue weighted by molar-refractivity contribution is 6.31. The van der Waals surface area contributed by atoms with Crippen LogP contribution >= 0.6 is 11.6 Å². The van der Waals surface area contributed by atoms with Gasteiger partial charge >= 0.3 is 0 Å². The smallest absolute Gasteiger partial charge is 0.114 e. The second kappa shape index (κ2) is 2.29. The Morgan fingerprint density at radius 2 is 2.30 bits per heavy atom. The van der Waals surface area contributed by atoms with Crippen molar-refractivity contribution in [3.05, 3.63) is 11.1 Å². The lowest BCUT2D eigenvalue weighted by Crippen LogP contribution is -1.86. The van der Waals surface area contributed by atoms with Crippen molar-refractivity contribution in [2.75, 3.05) is 0 Å². The van der Waals surface area contributed by atoms with Crippen molar-refractivity contribution >= 4 is 11.6 Å². The summed E-state index contributed by atoms with van der Waals surface area (Å²) in [6.07, 6.45) is 3.01. The summed E-state index contributed by atoms with van der Waals surface area (Å²) in [5.74, 6) is 0.527. The Balaban J connectivity index is 2.52. The molecule has 0 heterocycles. The molecule has 54 valence electrons. The maximum atomic E-state index is 8.33. The molecule has 0 amide bonds. The first-order chi connectivity index (χ1) is 4.56. The zero-order chi connectivity index (χ0) is 7.78. The molecule has 0 spiro atoms. The van der Waals surface area contributed by atoms with Crippen LogP contribution in [-0.2, 0) is 0 Å². The summed E-state index contributed by atoms with van der Waals surface area (Å²) in [4.78, 5) is 0. The molecule has 0 aliphatic heterocycles. The fraction of sp³-hybridized carbons (Fsp3) is 0.625. The van der Waals surface area contributed by atoms with Crippen LogP contribution in [0.4, 0.5) is 0 Å². The van der Waals surface area contributed by atoms with Crippen LogP contribution in [0.15, 0.2) is 11.1 Å².